The number of nitrogens with two attached hydrogens (primary N) is 1. The van der Waals surface area contributed by atoms with E-state index in [1.54, 1.807) is 0 Å². The molecule has 1 aromatic carbocycles. The normalized spacial score (nSPS) is 15.5. The van der Waals surface area contributed by atoms with E-state index in [-0.39, 0.29) is 28.8 Å². The first-order valence-electron chi connectivity index (χ1n) is 6.85. The van der Waals surface area contributed by atoms with Crippen molar-refractivity contribution in [3.8, 4) is 5.75 Å². The van der Waals surface area contributed by atoms with Crippen molar-refractivity contribution < 1.29 is 19.2 Å². The number of ether oxygens (including phenoxy) is 2. The van der Waals surface area contributed by atoms with Gasteiger partial charge in [0, 0.05) is 0 Å². The number of nitro groups is 1. The minimum absolute atomic E-state index is 0.0367. The number of nitrogen functional groups attached to an aromatic ring is 1. The van der Waals surface area contributed by atoms with Gasteiger partial charge in [-0.25, -0.2) is 4.79 Å². The van der Waals surface area contributed by atoms with Gasteiger partial charge in [-0.1, -0.05) is 6.42 Å². The summed E-state index contributed by atoms with van der Waals surface area (Å²) in [6.07, 6.45) is 4.97. The van der Waals surface area contributed by atoms with Crippen LogP contribution in [0.3, 0.4) is 0 Å². The Kier molecular flexibility index (Phi) is 4.62. The molecule has 1 fully saturated rings. The molecule has 0 aliphatic heterocycles. The fourth-order valence-electron chi connectivity index (χ4n) is 2.47. The van der Waals surface area contributed by atoms with Crippen molar-refractivity contribution in [2.45, 2.75) is 38.2 Å². The molecule has 7 heteroatoms. The van der Waals surface area contributed by atoms with Crippen LogP contribution in [0.5, 0.6) is 5.75 Å². The number of anilines is 1. The summed E-state index contributed by atoms with van der Waals surface area (Å²) in [4.78, 5) is 22.2. The van der Waals surface area contributed by atoms with Crippen LogP contribution in [-0.2, 0) is 4.74 Å². The molecule has 2 N–H and O–H groups in total. The third-order valence-corrected chi connectivity index (χ3v) is 3.58. The van der Waals surface area contributed by atoms with Gasteiger partial charge < -0.3 is 15.2 Å². The van der Waals surface area contributed by atoms with Gasteiger partial charge in [-0.3, -0.25) is 10.1 Å². The average Bonchev–Trinajstić information content (AvgIpc) is 2.48. The monoisotopic (exact) mass is 294 g/mol. The van der Waals surface area contributed by atoms with Crippen LogP contribution in [0.15, 0.2) is 12.1 Å². The maximum absolute atomic E-state index is 11.8. The number of methoxy groups -OCH3 is 1. The van der Waals surface area contributed by atoms with Gasteiger partial charge in [0.15, 0.2) is 0 Å². The number of hydrogen-bond donors (Lipinski definition) is 1. The van der Waals surface area contributed by atoms with Crippen molar-refractivity contribution in [1.82, 2.24) is 0 Å². The van der Waals surface area contributed by atoms with Crippen LogP contribution in [0, 0.1) is 10.1 Å². The highest BCUT2D eigenvalue weighted by molar-refractivity contribution is 5.94. The molecule has 0 bridgehead atoms. The summed E-state index contributed by atoms with van der Waals surface area (Å²) in [6, 6.07) is 2.44. The zero-order valence-electron chi connectivity index (χ0n) is 11.8. The number of rotatable bonds is 4. The first-order valence-corrected chi connectivity index (χ1v) is 6.85. The molecule has 0 radical (unpaired) electrons. The summed E-state index contributed by atoms with van der Waals surface area (Å²) in [5.41, 5.74) is 5.37. The van der Waals surface area contributed by atoms with Crippen LogP contribution >= 0.6 is 0 Å². The van der Waals surface area contributed by atoms with Crippen LogP contribution in [0.4, 0.5) is 11.4 Å². The van der Waals surface area contributed by atoms with Crippen LogP contribution < -0.4 is 10.5 Å². The highest BCUT2D eigenvalue weighted by Gasteiger charge is 2.24. The Bertz CT molecular complexity index is 553. The largest absolute Gasteiger partial charge is 0.489 e. The third kappa shape index (κ3) is 3.42. The molecule has 1 aliphatic carbocycles. The van der Waals surface area contributed by atoms with E-state index in [0.29, 0.717) is 0 Å². The molecule has 0 saturated heterocycles. The first kappa shape index (κ1) is 15.1. The van der Waals surface area contributed by atoms with Crippen molar-refractivity contribution in [1.29, 1.82) is 0 Å². The Morgan fingerprint density at radius 2 is 2.00 bits per heavy atom. The average molecular weight is 294 g/mol. The fraction of sp³-hybridized carbons (Fsp3) is 0.500. The van der Waals surface area contributed by atoms with E-state index in [2.05, 4.69) is 4.74 Å². The van der Waals surface area contributed by atoms with E-state index in [1.165, 1.54) is 19.2 Å². The van der Waals surface area contributed by atoms with E-state index in [4.69, 9.17) is 10.5 Å². The molecule has 0 heterocycles. The van der Waals surface area contributed by atoms with Gasteiger partial charge in [-0.05, 0) is 31.7 Å². The van der Waals surface area contributed by atoms with E-state index in [9.17, 15) is 14.9 Å². The predicted molar refractivity (Wildman–Crippen MR) is 76.3 cm³/mol. The Labute approximate surface area is 122 Å². The third-order valence-electron chi connectivity index (χ3n) is 3.58. The lowest BCUT2D eigenvalue weighted by Gasteiger charge is -2.24. The van der Waals surface area contributed by atoms with Crippen LogP contribution in [-0.4, -0.2) is 24.1 Å². The molecular formula is C14H18N2O5. The Morgan fingerprint density at radius 3 is 2.57 bits per heavy atom. The maximum Gasteiger partial charge on any atom is 0.341 e. The quantitative estimate of drug-likeness (QED) is 0.396. The lowest BCUT2D eigenvalue weighted by Crippen LogP contribution is -2.21. The zero-order valence-corrected chi connectivity index (χ0v) is 11.8. The van der Waals surface area contributed by atoms with E-state index in [0.717, 1.165) is 32.1 Å². The highest BCUT2D eigenvalue weighted by atomic mass is 16.6. The van der Waals surface area contributed by atoms with Gasteiger partial charge in [0.25, 0.3) is 5.69 Å². The van der Waals surface area contributed by atoms with Crippen molar-refractivity contribution in [3.63, 3.8) is 0 Å². The van der Waals surface area contributed by atoms with Gasteiger partial charge in [-0.15, -0.1) is 0 Å². The molecule has 2 rings (SSSR count). The summed E-state index contributed by atoms with van der Waals surface area (Å²) in [7, 11) is 1.24. The Morgan fingerprint density at radius 1 is 1.33 bits per heavy atom. The van der Waals surface area contributed by atoms with E-state index in [1.807, 2.05) is 0 Å². The number of carbonyl (C=O) groups is 1. The summed E-state index contributed by atoms with van der Waals surface area (Å²) >= 11 is 0. The molecule has 0 aromatic heterocycles. The molecule has 1 aromatic rings. The zero-order chi connectivity index (χ0) is 15.4. The molecule has 0 atom stereocenters. The Hall–Kier alpha value is -2.31. The van der Waals surface area contributed by atoms with E-state index >= 15 is 0 Å². The number of carbonyl (C=O) groups excluding carboxylic acids is 1. The lowest BCUT2D eigenvalue weighted by molar-refractivity contribution is -0.384. The Balaban J connectivity index is 2.36. The van der Waals surface area contributed by atoms with Gasteiger partial charge in [-0.2, -0.15) is 0 Å². The lowest BCUT2D eigenvalue weighted by atomic mass is 9.97. The van der Waals surface area contributed by atoms with E-state index < -0.39 is 10.9 Å². The topological polar surface area (TPSA) is 105 Å². The standard InChI is InChI=1S/C14H18N2O5/c1-20-14(17)10-7-11(15)12(16(18)19)8-13(10)21-9-5-3-2-4-6-9/h7-9H,2-6,15H2,1H3. The van der Waals surface area contributed by atoms with Gasteiger partial charge in [0.05, 0.1) is 24.2 Å². The van der Waals surface area contributed by atoms with Crippen molar-refractivity contribution in [2.24, 2.45) is 0 Å². The molecule has 1 aliphatic rings. The number of hydrogen-bond acceptors (Lipinski definition) is 6. The summed E-state index contributed by atoms with van der Waals surface area (Å²) < 4.78 is 10.5. The van der Waals surface area contributed by atoms with Gasteiger partial charge >= 0.3 is 5.97 Å². The van der Waals surface area contributed by atoms with Crippen LogP contribution in [0.2, 0.25) is 0 Å². The molecule has 0 spiro atoms. The van der Waals surface area contributed by atoms with Gasteiger partial charge in [0.2, 0.25) is 0 Å². The van der Waals surface area contributed by atoms with Crippen molar-refractivity contribution in [2.75, 3.05) is 12.8 Å². The highest BCUT2D eigenvalue weighted by Crippen LogP contribution is 2.33. The minimum atomic E-state index is -0.623. The number of esters is 1. The second-order valence-corrected chi connectivity index (χ2v) is 5.03. The summed E-state index contributed by atoms with van der Waals surface area (Å²) in [5, 5.41) is 11.0. The molecule has 0 amide bonds. The predicted octanol–water partition coefficient (Wildman–Crippen LogP) is 2.68. The SMILES string of the molecule is COC(=O)c1cc(N)c([N+](=O)[O-])cc1OC1CCCCC1. The van der Waals surface area contributed by atoms with Crippen LogP contribution in [0.1, 0.15) is 42.5 Å². The molecule has 0 unspecified atom stereocenters. The first-order chi connectivity index (χ1) is 10.0. The second-order valence-electron chi connectivity index (χ2n) is 5.03. The van der Waals surface area contributed by atoms with Crippen LogP contribution in [0.25, 0.3) is 0 Å². The second kappa shape index (κ2) is 6.43. The minimum Gasteiger partial charge on any atom is -0.489 e. The number of benzene rings is 1. The number of nitrogens with zero attached hydrogens (tertiary/aromatic N) is 1. The molecule has 114 valence electrons. The molecule has 7 nitrogen and oxygen atoms in total. The van der Waals surface area contributed by atoms with Crippen molar-refractivity contribution >= 4 is 17.3 Å². The van der Waals surface area contributed by atoms with Gasteiger partial charge in [0.1, 0.15) is 17.0 Å². The summed E-state index contributed by atoms with van der Waals surface area (Å²) in [5.74, 6) is -0.461. The summed E-state index contributed by atoms with van der Waals surface area (Å²) in [6.45, 7) is 0. The smallest absolute Gasteiger partial charge is 0.341 e. The molecule has 21 heavy (non-hydrogen) atoms. The molecular weight excluding hydrogens is 276 g/mol. The fourth-order valence-corrected chi connectivity index (χ4v) is 2.47. The molecule has 1 saturated carbocycles. The van der Waals surface area contributed by atoms with Crippen molar-refractivity contribution in [3.05, 3.63) is 27.8 Å². The maximum atomic E-state index is 11.8. The number of nitro benzene ring substituents is 1.